The van der Waals surface area contributed by atoms with E-state index in [-0.39, 0.29) is 29.6 Å². The number of hydrogen-bond donors (Lipinski definition) is 1. The summed E-state index contributed by atoms with van der Waals surface area (Å²) in [5.74, 6) is 0.786. The molecule has 2 aromatic carbocycles. The van der Waals surface area contributed by atoms with Gasteiger partial charge in [-0.3, -0.25) is 19.5 Å². The highest BCUT2D eigenvalue weighted by atomic mass is 35.5. The number of benzene rings is 2. The minimum absolute atomic E-state index is 0.0496. The Labute approximate surface area is 227 Å². The maximum atomic E-state index is 12.9. The number of rotatable bonds is 5. The van der Waals surface area contributed by atoms with Crippen LogP contribution in [0.3, 0.4) is 0 Å². The van der Waals surface area contributed by atoms with Crippen LogP contribution in [-0.2, 0) is 0 Å². The van der Waals surface area contributed by atoms with Crippen LogP contribution in [0.15, 0.2) is 54.9 Å². The van der Waals surface area contributed by atoms with Crippen LogP contribution < -0.4 is 15.0 Å². The van der Waals surface area contributed by atoms with Crippen LogP contribution in [0.25, 0.3) is 0 Å². The van der Waals surface area contributed by atoms with Gasteiger partial charge in [-0.1, -0.05) is 23.2 Å². The third-order valence-corrected chi connectivity index (χ3v) is 7.77. The molecule has 1 N–H and O–H groups in total. The van der Waals surface area contributed by atoms with E-state index in [9.17, 15) is 18.4 Å². The molecule has 3 aromatic rings. The van der Waals surface area contributed by atoms with E-state index in [4.69, 9.17) is 23.2 Å². The first-order valence-electron chi connectivity index (χ1n) is 12.4. The van der Waals surface area contributed by atoms with Crippen molar-refractivity contribution in [3.05, 3.63) is 87.2 Å². The van der Waals surface area contributed by atoms with Crippen molar-refractivity contribution in [3.63, 3.8) is 0 Å². The molecule has 7 rings (SSSR count). The van der Waals surface area contributed by atoms with Crippen LogP contribution >= 0.6 is 23.2 Å². The molecule has 38 heavy (non-hydrogen) atoms. The number of carbonyl (C=O) groups excluding carboxylic acids is 2. The number of carbonyl (C=O) groups is 2. The lowest BCUT2D eigenvalue weighted by Gasteiger charge is -2.25. The molecule has 4 aliphatic rings. The lowest BCUT2D eigenvalue weighted by molar-refractivity contribution is -0.0500. The summed E-state index contributed by atoms with van der Waals surface area (Å²) in [5, 5.41) is 4.30. The Morgan fingerprint density at radius 3 is 2.21 bits per heavy atom. The van der Waals surface area contributed by atoms with Crippen molar-refractivity contribution in [2.24, 2.45) is 11.8 Å². The third-order valence-electron chi connectivity index (χ3n) is 7.30. The first kappa shape index (κ1) is 25.1. The second-order valence-electron chi connectivity index (χ2n) is 9.97. The number of alkyl halides is 2. The predicted octanol–water partition coefficient (Wildman–Crippen LogP) is 6.98. The van der Waals surface area contributed by atoms with Crippen molar-refractivity contribution in [1.29, 1.82) is 0 Å². The van der Waals surface area contributed by atoms with E-state index in [1.165, 1.54) is 31.3 Å². The highest BCUT2D eigenvalue weighted by Crippen LogP contribution is 2.51. The zero-order chi connectivity index (χ0) is 26.6. The van der Waals surface area contributed by atoms with Gasteiger partial charge in [-0.25, -0.2) is 0 Å². The summed E-state index contributed by atoms with van der Waals surface area (Å²) in [4.78, 5) is 30.0. The Kier molecular flexibility index (Phi) is 6.48. The summed E-state index contributed by atoms with van der Waals surface area (Å²) in [6, 6.07) is 12.2. The second kappa shape index (κ2) is 9.82. The largest absolute Gasteiger partial charge is 0.433 e. The molecule has 2 unspecified atom stereocenters. The Morgan fingerprint density at radius 1 is 0.895 bits per heavy atom. The van der Waals surface area contributed by atoms with Crippen molar-refractivity contribution >= 4 is 40.7 Å². The molecule has 196 valence electrons. The van der Waals surface area contributed by atoms with Gasteiger partial charge in [0.25, 0.3) is 11.8 Å². The monoisotopic (exact) mass is 557 g/mol. The molecule has 2 aliphatic carbocycles. The molecule has 0 radical (unpaired) electrons. The standard InChI is InChI=1S/C17H13ClF2N2O2.C11H10ClNO/c18-10-3-4-13-14(5-10)15(9-1-2-9)22(16(13)23)11-6-12(8-21-7-11)24-17(19)20;12-7-3-4-8-9(5-7)10(6-1-2-6)13-11(8)14/h3-9,15,17H,1-2H2;3-6,10H,1-2H2,(H,13,14). The predicted molar refractivity (Wildman–Crippen MR) is 139 cm³/mol. The van der Waals surface area contributed by atoms with Gasteiger partial charge in [0.1, 0.15) is 5.75 Å². The molecule has 1 aromatic heterocycles. The summed E-state index contributed by atoms with van der Waals surface area (Å²) < 4.78 is 29.3. The molecular weight excluding hydrogens is 535 g/mol. The topological polar surface area (TPSA) is 71.5 Å². The van der Waals surface area contributed by atoms with E-state index in [1.807, 2.05) is 18.2 Å². The minimum Gasteiger partial charge on any atom is -0.433 e. The highest BCUT2D eigenvalue weighted by Gasteiger charge is 2.46. The summed E-state index contributed by atoms with van der Waals surface area (Å²) >= 11 is 12.0. The van der Waals surface area contributed by atoms with Gasteiger partial charge in [0.05, 0.1) is 30.2 Å². The lowest BCUT2D eigenvalue weighted by atomic mass is 10.0. The van der Waals surface area contributed by atoms with E-state index in [2.05, 4.69) is 15.0 Å². The van der Waals surface area contributed by atoms with Crippen LogP contribution in [0, 0.1) is 11.8 Å². The van der Waals surface area contributed by atoms with Crippen molar-refractivity contribution in [2.75, 3.05) is 4.90 Å². The number of nitrogens with zero attached hydrogens (tertiary/aromatic N) is 2. The Balaban J connectivity index is 0.000000159. The van der Waals surface area contributed by atoms with Crippen LogP contribution in [-0.4, -0.2) is 23.4 Å². The van der Waals surface area contributed by atoms with E-state index in [1.54, 1.807) is 23.1 Å². The van der Waals surface area contributed by atoms with Gasteiger partial charge >= 0.3 is 6.61 Å². The molecule has 3 heterocycles. The molecule has 2 amide bonds. The molecule has 10 heteroatoms. The van der Waals surface area contributed by atoms with Gasteiger partial charge in [-0.05, 0) is 85.0 Å². The molecule has 0 saturated heterocycles. The smallest absolute Gasteiger partial charge is 0.387 e. The third kappa shape index (κ3) is 4.83. The normalized spacial score (nSPS) is 21.6. The van der Waals surface area contributed by atoms with Gasteiger partial charge in [0.15, 0.2) is 0 Å². The molecular formula is C28H23Cl2F2N3O3. The Morgan fingerprint density at radius 2 is 1.55 bits per heavy atom. The molecule has 0 bridgehead atoms. The molecule has 2 fully saturated rings. The van der Waals surface area contributed by atoms with Gasteiger partial charge in [-0.2, -0.15) is 8.78 Å². The zero-order valence-electron chi connectivity index (χ0n) is 20.0. The molecule has 2 aliphatic heterocycles. The quantitative estimate of drug-likeness (QED) is 0.367. The summed E-state index contributed by atoms with van der Waals surface area (Å²) in [5.41, 5.74) is 3.81. The second-order valence-corrected chi connectivity index (χ2v) is 10.8. The van der Waals surface area contributed by atoms with Crippen LogP contribution in [0.4, 0.5) is 14.5 Å². The van der Waals surface area contributed by atoms with E-state index >= 15 is 0 Å². The molecule has 0 spiro atoms. The number of halogens is 4. The van der Waals surface area contributed by atoms with E-state index in [0.717, 1.165) is 29.5 Å². The van der Waals surface area contributed by atoms with Crippen molar-refractivity contribution in [2.45, 2.75) is 44.4 Å². The number of ether oxygens (including phenoxy) is 1. The van der Waals surface area contributed by atoms with Gasteiger partial charge in [-0.15, -0.1) is 0 Å². The number of amides is 2. The molecule has 2 saturated carbocycles. The fraction of sp³-hybridized carbons (Fsp3) is 0.321. The average molecular weight is 558 g/mol. The fourth-order valence-corrected chi connectivity index (χ4v) is 5.69. The number of aromatic nitrogens is 1. The maximum absolute atomic E-state index is 12.9. The molecule has 6 nitrogen and oxygen atoms in total. The Bertz CT molecular complexity index is 1430. The maximum Gasteiger partial charge on any atom is 0.387 e. The van der Waals surface area contributed by atoms with Crippen LogP contribution in [0.2, 0.25) is 10.0 Å². The van der Waals surface area contributed by atoms with Crippen molar-refractivity contribution < 1.29 is 23.1 Å². The number of nitrogens with one attached hydrogen (secondary N) is 1. The summed E-state index contributed by atoms with van der Waals surface area (Å²) in [6.45, 7) is -2.94. The molecule has 2 atom stereocenters. The zero-order valence-corrected chi connectivity index (χ0v) is 21.6. The van der Waals surface area contributed by atoms with E-state index < -0.39 is 6.61 Å². The van der Waals surface area contributed by atoms with Crippen molar-refractivity contribution in [3.8, 4) is 5.75 Å². The van der Waals surface area contributed by atoms with Crippen molar-refractivity contribution in [1.82, 2.24) is 10.3 Å². The van der Waals surface area contributed by atoms with Gasteiger partial charge in [0.2, 0.25) is 0 Å². The summed E-state index contributed by atoms with van der Waals surface area (Å²) in [6.07, 6.45) is 7.15. The number of pyridine rings is 1. The minimum atomic E-state index is -2.94. The van der Waals surface area contributed by atoms with Crippen LogP contribution in [0.1, 0.15) is 69.6 Å². The van der Waals surface area contributed by atoms with E-state index in [0.29, 0.717) is 33.1 Å². The first-order valence-corrected chi connectivity index (χ1v) is 13.2. The van der Waals surface area contributed by atoms with Gasteiger partial charge in [0, 0.05) is 27.2 Å². The average Bonchev–Trinajstić information content (AvgIpc) is 3.81. The number of hydrogen-bond acceptors (Lipinski definition) is 4. The van der Waals surface area contributed by atoms with Gasteiger partial charge < -0.3 is 10.1 Å². The summed E-state index contributed by atoms with van der Waals surface area (Å²) in [7, 11) is 0. The lowest BCUT2D eigenvalue weighted by Crippen LogP contribution is -2.29. The number of fused-ring (bicyclic) bond motifs is 2. The highest BCUT2D eigenvalue weighted by molar-refractivity contribution is 6.31. The first-order chi connectivity index (χ1) is 18.3. The SMILES string of the molecule is O=C1NC(C2CC2)c2cc(Cl)ccc21.O=C1c2ccc(Cl)cc2C(C2CC2)N1c1cncc(OC(F)F)c1. The Hall–Kier alpha value is -3.23. The number of anilines is 1. The fourth-order valence-electron chi connectivity index (χ4n) is 5.33. The van der Waals surface area contributed by atoms with Crippen LogP contribution in [0.5, 0.6) is 5.75 Å².